The molecule has 1 fully saturated rings. The molecule has 3 nitrogen and oxygen atoms in total. The SMILES string of the molecule is CC1CCCCN1C(C(=O)O)c1ccc(Cl)cc1. The lowest BCUT2D eigenvalue weighted by molar-refractivity contribution is -0.145. The van der Waals surface area contributed by atoms with Crippen LogP contribution in [0.15, 0.2) is 24.3 Å². The second-order valence-electron chi connectivity index (χ2n) is 4.87. The molecule has 0 spiro atoms. The first-order chi connectivity index (χ1) is 8.59. The van der Waals surface area contributed by atoms with Crippen LogP contribution in [0.2, 0.25) is 5.02 Å². The number of piperidine rings is 1. The lowest BCUT2D eigenvalue weighted by Crippen LogP contribution is -2.43. The molecule has 0 aliphatic carbocycles. The summed E-state index contributed by atoms with van der Waals surface area (Å²) in [6.45, 7) is 2.95. The minimum absolute atomic E-state index is 0.315. The molecule has 2 unspecified atom stereocenters. The van der Waals surface area contributed by atoms with Gasteiger partial charge < -0.3 is 5.11 Å². The number of rotatable bonds is 3. The molecule has 98 valence electrons. The Kier molecular flexibility index (Phi) is 4.25. The van der Waals surface area contributed by atoms with Gasteiger partial charge >= 0.3 is 5.97 Å². The highest BCUT2D eigenvalue weighted by Crippen LogP contribution is 2.29. The standard InChI is InChI=1S/C14H18ClNO2/c1-10-4-2-3-9-16(10)13(14(17)18)11-5-7-12(15)8-6-11/h5-8,10,13H,2-4,9H2,1H3,(H,17,18). The largest absolute Gasteiger partial charge is 0.480 e. The summed E-state index contributed by atoms with van der Waals surface area (Å²) in [5.74, 6) is -0.786. The smallest absolute Gasteiger partial charge is 0.325 e. The zero-order valence-corrected chi connectivity index (χ0v) is 11.2. The lowest BCUT2D eigenvalue weighted by atomic mass is 9.97. The van der Waals surface area contributed by atoms with Crippen LogP contribution >= 0.6 is 11.6 Å². The summed E-state index contributed by atoms with van der Waals surface area (Å²) in [7, 11) is 0. The van der Waals surface area contributed by atoms with Crippen LogP contribution < -0.4 is 0 Å². The molecule has 0 aromatic heterocycles. The second-order valence-corrected chi connectivity index (χ2v) is 5.31. The monoisotopic (exact) mass is 267 g/mol. The van der Waals surface area contributed by atoms with Crippen molar-refractivity contribution in [3.63, 3.8) is 0 Å². The third-order valence-corrected chi connectivity index (χ3v) is 3.86. The minimum Gasteiger partial charge on any atom is -0.480 e. The van der Waals surface area contributed by atoms with Crippen molar-refractivity contribution in [2.75, 3.05) is 6.54 Å². The van der Waals surface area contributed by atoms with Crippen LogP contribution in [-0.4, -0.2) is 28.6 Å². The quantitative estimate of drug-likeness (QED) is 0.913. The molecule has 1 aliphatic rings. The van der Waals surface area contributed by atoms with E-state index in [2.05, 4.69) is 11.8 Å². The summed E-state index contributed by atoms with van der Waals surface area (Å²) in [5, 5.41) is 10.1. The maximum absolute atomic E-state index is 11.6. The predicted molar refractivity (Wildman–Crippen MR) is 71.8 cm³/mol. The van der Waals surface area contributed by atoms with Crippen LogP contribution in [0.1, 0.15) is 37.8 Å². The third kappa shape index (κ3) is 2.85. The van der Waals surface area contributed by atoms with Crippen molar-refractivity contribution in [3.05, 3.63) is 34.9 Å². The lowest BCUT2D eigenvalue weighted by Gasteiger charge is -2.37. The number of nitrogens with zero attached hydrogens (tertiary/aromatic N) is 1. The number of likely N-dealkylation sites (tertiary alicyclic amines) is 1. The zero-order valence-electron chi connectivity index (χ0n) is 10.5. The molecule has 0 amide bonds. The Labute approximate surface area is 112 Å². The number of benzene rings is 1. The molecular formula is C14H18ClNO2. The van der Waals surface area contributed by atoms with Gasteiger partial charge in [-0.2, -0.15) is 0 Å². The molecule has 1 aliphatic heterocycles. The molecule has 1 aromatic carbocycles. The van der Waals surface area contributed by atoms with Crippen molar-refractivity contribution >= 4 is 17.6 Å². The minimum atomic E-state index is -0.786. The Hall–Kier alpha value is -1.06. The summed E-state index contributed by atoms with van der Waals surface area (Å²) >= 11 is 5.85. The Morgan fingerprint density at radius 2 is 2.06 bits per heavy atom. The van der Waals surface area contributed by atoms with Gasteiger partial charge in [-0.15, -0.1) is 0 Å². The van der Waals surface area contributed by atoms with Crippen molar-refractivity contribution in [3.8, 4) is 0 Å². The number of carboxylic acid groups (broad SMARTS) is 1. The summed E-state index contributed by atoms with van der Waals surface area (Å²) in [6.07, 6.45) is 3.32. The van der Waals surface area contributed by atoms with Gasteiger partial charge in [-0.25, -0.2) is 0 Å². The topological polar surface area (TPSA) is 40.5 Å². The molecule has 0 bridgehead atoms. The van der Waals surface area contributed by atoms with E-state index in [0.29, 0.717) is 11.1 Å². The van der Waals surface area contributed by atoms with Gasteiger partial charge in [-0.05, 0) is 44.0 Å². The second kappa shape index (κ2) is 5.72. The molecule has 0 radical (unpaired) electrons. The summed E-state index contributed by atoms with van der Waals surface area (Å²) in [4.78, 5) is 13.6. The fourth-order valence-corrected chi connectivity index (χ4v) is 2.75. The maximum atomic E-state index is 11.6. The number of carboxylic acids is 1. The molecule has 1 N–H and O–H groups in total. The zero-order chi connectivity index (χ0) is 13.1. The van der Waals surface area contributed by atoms with E-state index >= 15 is 0 Å². The number of hydrogen-bond acceptors (Lipinski definition) is 2. The molecule has 1 heterocycles. The number of hydrogen-bond donors (Lipinski definition) is 1. The van der Waals surface area contributed by atoms with Crippen LogP contribution in [-0.2, 0) is 4.79 Å². The molecule has 0 saturated carbocycles. The average molecular weight is 268 g/mol. The molecular weight excluding hydrogens is 250 g/mol. The highest BCUT2D eigenvalue weighted by molar-refractivity contribution is 6.30. The van der Waals surface area contributed by atoms with E-state index < -0.39 is 12.0 Å². The van der Waals surface area contributed by atoms with E-state index in [-0.39, 0.29) is 0 Å². The highest BCUT2D eigenvalue weighted by atomic mass is 35.5. The first-order valence-electron chi connectivity index (χ1n) is 6.33. The first kappa shape index (κ1) is 13.4. The van der Waals surface area contributed by atoms with Crippen LogP contribution in [0.5, 0.6) is 0 Å². The molecule has 18 heavy (non-hydrogen) atoms. The van der Waals surface area contributed by atoms with Crippen molar-refractivity contribution in [2.24, 2.45) is 0 Å². The van der Waals surface area contributed by atoms with E-state index in [9.17, 15) is 9.90 Å². The van der Waals surface area contributed by atoms with Crippen molar-refractivity contribution in [2.45, 2.75) is 38.3 Å². The Bertz CT molecular complexity index is 418. The van der Waals surface area contributed by atoms with E-state index in [1.54, 1.807) is 12.1 Å². The van der Waals surface area contributed by atoms with Crippen LogP contribution in [0.3, 0.4) is 0 Å². The van der Waals surface area contributed by atoms with Gasteiger partial charge in [0.05, 0.1) is 0 Å². The highest BCUT2D eigenvalue weighted by Gasteiger charge is 2.32. The van der Waals surface area contributed by atoms with E-state index in [0.717, 1.165) is 24.9 Å². The van der Waals surface area contributed by atoms with Gasteiger partial charge in [0.15, 0.2) is 0 Å². The van der Waals surface area contributed by atoms with Crippen molar-refractivity contribution in [1.82, 2.24) is 4.90 Å². The van der Waals surface area contributed by atoms with Crippen LogP contribution in [0.25, 0.3) is 0 Å². The van der Waals surface area contributed by atoms with E-state index in [1.807, 2.05) is 12.1 Å². The average Bonchev–Trinajstić information content (AvgIpc) is 2.34. The molecule has 4 heteroatoms. The first-order valence-corrected chi connectivity index (χ1v) is 6.71. The summed E-state index contributed by atoms with van der Waals surface area (Å²) in [6, 6.07) is 6.88. The predicted octanol–water partition coefficient (Wildman–Crippen LogP) is 3.34. The normalized spacial score (nSPS) is 22.7. The van der Waals surface area contributed by atoms with E-state index in [1.165, 1.54) is 6.42 Å². The molecule has 1 saturated heterocycles. The fourth-order valence-electron chi connectivity index (χ4n) is 2.62. The van der Waals surface area contributed by atoms with Crippen molar-refractivity contribution < 1.29 is 9.90 Å². The van der Waals surface area contributed by atoms with Crippen molar-refractivity contribution in [1.29, 1.82) is 0 Å². The van der Waals surface area contributed by atoms with Gasteiger partial charge in [0, 0.05) is 11.1 Å². The molecule has 2 rings (SSSR count). The summed E-state index contributed by atoms with van der Waals surface area (Å²) in [5.41, 5.74) is 0.806. The Morgan fingerprint density at radius 1 is 1.39 bits per heavy atom. The Morgan fingerprint density at radius 3 is 2.61 bits per heavy atom. The number of halogens is 1. The molecule has 2 atom stereocenters. The van der Waals surface area contributed by atoms with E-state index in [4.69, 9.17) is 11.6 Å². The van der Waals surface area contributed by atoms with Gasteiger partial charge in [0.2, 0.25) is 0 Å². The van der Waals surface area contributed by atoms with Gasteiger partial charge in [-0.1, -0.05) is 30.2 Å². The van der Waals surface area contributed by atoms with Gasteiger partial charge in [-0.3, -0.25) is 9.69 Å². The van der Waals surface area contributed by atoms with Gasteiger partial charge in [0.25, 0.3) is 0 Å². The summed E-state index contributed by atoms with van der Waals surface area (Å²) < 4.78 is 0. The fraction of sp³-hybridized carbons (Fsp3) is 0.500. The molecule has 1 aromatic rings. The number of carbonyl (C=O) groups is 1. The third-order valence-electron chi connectivity index (χ3n) is 3.61. The van der Waals surface area contributed by atoms with Crippen LogP contribution in [0.4, 0.5) is 0 Å². The maximum Gasteiger partial charge on any atom is 0.325 e. The number of aliphatic carboxylic acids is 1. The Balaban J connectivity index is 2.27. The van der Waals surface area contributed by atoms with Crippen LogP contribution in [0, 0.1) is 0 Å². The van der Waals surface area contributed by atoms with Gasteiger partial charge in [0.1, 0.15) is 6.04 Å².